The normalized spacial score (nSPS) is 12.0. The first-order valence-corrected chi connectivity index (χ1v) is 8.52. The molecule has 0 saturated heterocycles. The third kappa shape index (κ3) is 3.47. The second kappa shape index (κ2) is 6.67. The van der Waals surface area contributed by atoms with Gasteiger partial charge in [0, 0.05) is 16.3 Å². The number of hydrogen-bond acceptors (Lipinski definition) is 4. The summed E-state index contributed by atoms with van der Waals surface area (Å²) in [6, 6.07) is 14.7. The smallest absolute Gasteiger partial charge is 0.265 e. The molecular formula is C21H23N3O2. The molecule has 0 saturated carbocycles. The average molecular weight is 349 g/mol. The number of pyridine rings is 1. The van der Waals surface area contributed by atoms with Gasteiger partial charge in [-0.2, -0.15) is 5.10 Å². The summed E-state index contributed by atoms with van der Waals surface area (Å²) in [5.74, 6) is -0.128. The lowest BCUT2D eigenvalue weighted by molar-refractivity contribution is 0.433. The van der Waals surface area contributed by atoms with Gasteiger partial charge in [0.15, 0.2) is 0 Å². The summed E-state index contributed by atoms with van der Waals surface area (Å²) in [7, 11) is 0. The minimum Gasteiger partial charge on any atom is -0.494 e. The van der Waals surface area contributed by atoms with Crippen LogP contribution in [0.3, 0.4) is 0 Å². The average Bonchev–Trinajstić information content (AvgIpc) is 2.59. The Morgan fingerprint density at radius 3 is 2.27 bits per heavy atom. The predicted octanol–water partition coefficient (Wildman–Crippen LogP) is 3.73. The van der Waals surface area contributed by atoms with Gasteiger partial charge in [0.2, 0.25) is 5.88 Å². The van der Waals surface area contributed by atoms with Gasteiger partial charge >= 0.3 is 0 Å². The monoisotopic (exact) mass is 349 g/mol. The van der Waals surface area contributed by atoms with Gasteiger partial charge in [0.1, 0.15) is 0 Å². The van der Waals surface area contributed by atoms with E-state index in [1.54, 1.807) is 12.3 Å². The van der Waals surface area contributed by atoms with Crippen LogP contribution >= 0.6 is 0 Å². The van der Waals surface area contributed by atoms with E-state index < -0.39 is 0 Å². The lowest BCUT2D eigenvalue weighted by Gasteiger charge is -2.18. The predicted molar refractivity (Wildman–Crippen MR) is 106 cm³/mol. The molecule has 0 unspecified atom stereocenters. The van der Waals surface area contributed by atoms with Crippen LogP contribution in [0.5, 0.6) is 5.88 Å². The van der Waals surface area contributed by atoms with Gasteiger partial charge in [-0.15, -0.1) is 0 Å². The zero-order chi connectivity index (χ0) is 18.9. The van der Waals surface area contributed by atoms with E-state index in [-0.39, 0.29) is 17.0 Å². The molecular weight excluding hydrogens is 326 g/mol. The molecule has 0 aliphatic carbocycles. The van der Waals surface area contributed by atoms with Crippen molar-refractivity contribution in [1.82, 2.24) is 9.99 Å². The van der Waals surface area contributed by atoms with Crippen molar-refractivity contribution in [2.24, 2.45) is 5.10 Å². The van der Waals surface area contributed by atoms with E-state index in [9.17, 15) is 9.90 Å². The third-order valence-electron chi connectivity index (χ3n) is 3.99. The SMILES string of the molecule is Cc1ccc(-n2c(O)c(C=NNC(C)(C)C)c3ccccc3c2=O)cc1. The summed E-state index contributed by atoms with van der Waals surface area (Å²) >= 11 is 0. The molecule has 0 amide bonds. The molecule has 3 aromatic rings. The number of aryl methyl sites for hydroxylation is 1. The molecule has 0 radical (unpaired) electrons. The molecule has 5 heteroatoms. The van der Waals surface area contributed by atoms with Crippen molar-refractivity contribution in [3.8, 4) is 11.6 Å². The number of nitrogens with zero attached hydrogens (tertiary/aromatic N) is 2. The maximum Gasteiger partial charge on any atom is 0.265 e. The lowest BCUT2D eigenvalue weighted by atomic mass is 10.1. The number of hydrogen-bond donors (Lipinski definition) is 2. The Bertz CT molecular complexity index is 1030. The summed E-state index contributed by atoms with van der Waals surface area (Å²) in [4.78, 5) is 13.0. The van der Waals surface area contributed by atoms with Crippen LogP contribution in [0.2, 0.25) is 0 Å². The van der Waals surface area contributed by atoms with Gasteiger partial charge in [-0.25, -0.2) is 4.57 Å². The molecule has 5 nitrogen and oxygen atoms in total. The second-order valence-corrected chi connectivity index (χ2v) is 7.38. The fourth-order valence-electron chi connectivity index (χ4n) is 2.71. The van der Waals surface area contributed by atoms with E-state index in [1.165, 1.54) is 4.57 Å². The van der Waals surface area contributed by atoms with Crippen molar-refractivity contribution < 1.29 is 5.11 Å². The van der Waals surface area contributed by atoms with Crippen LogP contribution in [0, 0.1) is 6.92 Å². The Hall–Kier alpha value is -3.08. The minimum absolute atomic E-state index is 0.128. The van der Waals surface area contributed by atoms with Crippen LogP contribution in [0.4, 0.5) is 0 Å². The molecule has 2 N–H and O–H groups in total. The summed E-state index contributed by atoms with van der Waals surface area (Å²) in [5.41, 5.74) is 4.74. The molecule has 2 aromatic carbocycles. The number of rotatable bonds is 3. The van der Waals surface area contributed by atoms with Gasteiger partial charge < -0.3 is 10.5 Å². The van der Waals surface area contributed by atoms with E-state index in [0.717, 1.165) is 5.56 Å². The molecule has 0 spiro atoms. The maximum absolute atomic E-state index is 13.0. The lowest BCUT2D eigenvalue weighted by Crippen LogP contribution is -2.31. The van der Waals surface area contributed by atoms with Crippen LogP contribution in [0.25, 0.3) is 16.5 Å². The Labute approximate surface area is 152 Å². The highest BCUT2D eigenvalue weighted by atomic mass is 16.3. The number of nitrogens with one attached hydrogen (secondary N) is 1. The van der Waals surface area contributed by atoms with E-state index in [2.05, 4.69) is 10.5 Å². The summed E-state index contributed by atoms with van der Waals surface area (Å²) in [6.07, 6.45) is 1.56. The van der Waals surface area contributed by atoms with Crippen LogP contribution in [-0.2, 0) is 0 Å². The standard InChI is InChI=1S/C21H23N3O2/c1-14-9-11-15(12-10-14)24-19(25)17-8-6-5-7-16(17)18(20(24)26)13-22-23-21(2,3)4/h5-13,23,26H,1-4H3. The van der Waals surface area contributed by atoms with Crippen molar-refractivity contribution in [3.63, 3.8) is 0 Å². The van der Waals surface area contributed by atoms with Crippen molar-refractivity contribution in [3.05, 3.63) is 70.0 Å². The Kier molecular flexibility index (Phi) is 4.55. The highest BCUT2D eigenvalue weighted by molar-refractivity contribution is 6.01. The Balaban J connectivity index is 2.26. The van der Waals surface area contributed by atoms with Crippen LogP contribution < -0.4 is 11.0 Å². The van der Waals surface area contributed by atoms with Gasteiger partial charge in [-0.1, -0.05) is 35.9 Å². The quantitative estimate of drug-likeness (QED) is 0.559. The summed E-state index contributed by atoms with van der Waals surface area (Å²) in [5, 5.41) is 16.3. The van der Waals surface area contributed by atoms with Gasteiger partial charge in [0.05, 0.1) is 17.5 Å². The minimum atomic E-state index is -0.261. The zero-order valence-corrected chi connectivity index (χ0v) is 15.4. The highest BCUT2D eigenvalue weighted by Gasteiger charge is 2.16. The molecule has 3 rings (SSSR count). The Morgan fingerprint density at radius 2 is 1.65 bits per heavy atom. The number of hydrazone groups is 1. The molecule has 26 heavy (non-hydrogen) atoms. The third-order valence-corrected chi connectivity index (χ3v) is 3.99. The first kappa shape index (κ1) is 17.7. The molecule has 0 atom stereocenters. The molecule has 0 bridgehead atoms. The number of aromatic hydroxyl groups is 1. The van der Waals surface area contributed by atoms with Gasteiger partial charge in [-0.05, 0) is 45.9 Å². The molecule has 1 heterocycles. The van der Waals surface area contributed by atoms with Crippen molar-refractivity contribution >= 4 is 17.0 Å². The van der Waals surface area contributed by atoms with Gasteiger partial charge in [0.25, 0.3) is 5.56 Å². The number of aromatic nitrogens is 1. The van der Waals surface area contributed by atoms with Crippen molar-refractivity contribution in [2.75, 3.05) is 0 Å². The van der Waals surface area contributed by atoms with E-state index in [1.807, 2.05) is 70.2 Å². The highest BCUT2D eigenvalue weighted by Crippen LogP contribution is 2.25. The van der Waals surface area contributed by atoms with E-state index >= 15 is 0 Å². The maximum atomic E-state index is 13.0. The van der Waals surface area contributed by atoms with Crippen LogP contribution in [0.1, 0.15) is 31.9 Å². The number of benzene rings is 2. The van der Waals surface area contributed by atoms with Crippen molar-refractivity contribution in [1.29, 1.82) is 0 Å². The first-order valence-electron chi connectivity index (χ1n) is 8.52. The zero-order valence-electron chi connectivity index (χ0n) is 15.4. The molecule has 0 fully saturated rings. The second-order valence-electron chi connectivity index (χ2n) is 7.38. The van der Waals surface area contributed by atoms with E-state index in [0.29, 0.717) is 22.0 Å². The van der Waals surface area contributed by atoms with E-state index in [4.69, 9.17) is 0 Å². The Morgan fingerprint density at radius 1 is 1.04 bits per heavy atom. The molecule has 0 aliphatic rings. The largest absolute Gasteiger partial charge is 0.494 e. The summed E-state index contributed by atoms with van der Waals surface area (Å²) in [6.45, 7) is 7.96. The van der Waals surface area contributed by atoms with Crippen molar-refractivity contribution in [2.45, 2.75) is 33.2 Å². The fourth-order valence-corrected chi connectivity index (χ4v) is 2.71. The molecule has 134 valence electrons. The first-order chi connectivity index (χ1) is 12.3. The molecule has 0 aliphatic heterocycles. The molecule has 1 aromatic heterocycles. The van der Waals surface area contributed by atoms with Gasteiger partial charge in [-0.3, -0.25) is 4.79 Å². The fraction of sp³-hybridized carbons (Fsp3) is 0.238. The van der Waals surface area contributed by atoms with Crippen LogP contribution in [0.15, 0.2) is 58.4 Å². The van der Waals surface area contributed by atoms with Crippen LogP contribution in [-0.4, -0.2) is 21.4 Å². The summed E-state index contributed by atoms with van der Waals surface area (Å²) < 4.78 is 1.32. The number of fused-ring (bicyclic) bond motifs is 1. The topological polar surface area (TPSA) is 66.6 Å².